The zero-order valence-corrected chi connectivity index (χ0v) is 10.7. The molecular formula is C14H14O2S. The summed E-state index contributed by atoms with van der Waals surface area (Å²) in [4.78, 5) is 0.869. The maximum absolute atomic E-state index is 5.43. The Morgan fingerprint density at radius 1 is 0.882 bits per heavy atom. The minimum atomic E-state index is 0.712. The Morgan fingerprint density at radius 3 is 2.18 bits per heavy atom. The first kappa shape index (κ1) is 11.9. The lowest BCUT2D eigenvalue weighted by atomic mass is 10.0. The standard InChI is InChI=1S/C14H14O2S/c1-15-11-8-9-12(17)13(14(11)16-2)10-6-4-3-5-7-10/h3-9,17H,1-2H3. The Kier molecular flexibility index (Phi) is 3.59. The number of methoxy groups -OCH3 is 2. The molecule has 0 atom stereocenters. The van der Waals surface area contributed by atoms with Crippen LogP contribution in [-0.2, 0) is 0 Å². The van der Waals surface area contributed by atoms with Crippen LogP contribution in [0.2, 0.25) is 0 Å². The average molecular weight is 246 g/mol. The topological polar surface area (TPSA) is 18.5 Å². The molecule has 2 aromatic rings. The molecular weight excluding hydrogens is 232 g/mol. The fourth-order valence-corrected chi connectivity index (χ4v) is 2.11. The van der Waals surface area contributed by atoms with Gasteiger partial charge in [-0.05, 0) is 17.7 Å². The quantitative estimate of drug-likeness (QED) is 0.833. The van der Waals surface area contributed by atoms with E-state index in [2.05, 4.69) is 12.6 Å². The highest BCUT2D eigenvalue weighted by Gasteiger charge is 2.14. The van der Waals surface area contributed by atoms with Gasteiger partial charge in [-0.2, -0.15) is 0 Å². The zero-order valence-electron chi connectivity index (χ0n) is 9.81. The van der Waals surface area contributed by atoms with E-state index in [-0.39, 0.29) is 0 Å². The summed E-state index contributed by atoms with van der Waals surface area (Å²) in [6, 6.07) is 13.8. The molecule has 3 heteroatoms. The van der Waals surface area contributed by atoms with Gasteiger partial charge >= 0.3 is 0 Å². The summed E-state index contributed by atoms with van der Waals surface area (Å²) < 4.78 is 10.7. The Bertz CT molecular complexity index is 509. The lowest BCUT2D eigenvalue weighted by molar-refractivity contribution is 0.355. The molecule has 2 aromatic carbocycles. The number of rotatable bonds is 3. The molecule has 0 saturated carbocycles. The highest BCUT2D eigenvalue weighted by molar-refractivity contribution is 7.80. The summed E-state index contributed by atoms with van der Waals surface area (Å²) in [5.41, 5.74) is 2.02. The summed E-state index contributed by atoms with van der Waals surface area (Å²) in [6.07, 6.45) is 0. The molecule has 0 heterocycles. The summed E-state index contributed by atoms with van der Waals surface area (Å²) in [7, 11) is 3.27. The van der Waals surface area contributed by atoms with Gasteiger partial charge in [0, 0.05) is 10.5 Å². The average Bonchev–Trinajstić information content (AvgIpc) is 2.39. The lowest BCUT2D eigenvalue weighted by Gasteiger charge is -2.14. The van der Waals surface area contributed by atoms with E-state index < -0.39 is 0 Å². The van der Waals surface area contributed by atoms with Crippen molar-refractivity contribution in [1.29, 1.82) is 0 Å². The van der Waals surface area contributed by atoms with Crippen LogP contribution in [0.1, 0.15) is 0 Å². The van der Waals surface area contributed by atoms with Crippen LogP contribution in [0.15, 0.2) is 47.4 Å². The normalized spacial score (nSPS) is 10.1. The summed E-state index contributed by atoms with van der Waals surface area (Å²) in [6.45, 7) is 0. The molecule has 0 unspecified atom stereocenters. The molecule has 0 radical (unpaired) electrons. The Labute approximate surface area is 107 Å². The van der Waals surface area contributed by atoms with Crippen molar-refractivity contribution < 1.29 is 9.47 Å². The third-order valence-electron chi connectivity index (χ3n) is 2.59. The van der Waals surface area contributed by atoms with E-state index in [0.29, 0.717) is 11.5 Å². The van der Waals surface area contributed by atoms with Crippen LogP contribution < -0.4 is 9.47 Å². The van der Waals surface area contributed by atoms with E-state index in [0.717, 1.165) is 16.0 Å². The van der Waals surface area contributed by atoms with Crippen molar-refractivity contribution >= 4 is 12.6 Å². The van der Waals surface area contributed by atoms with Crippen LogP contribution in [0.5, 0.6) is 11.5 Å². The van der Waals surface area contributed by atoms with Gasteiger partial charge in [0.15, 0.2) is 11.5 Å². The largest absolute Gasteiger partial charge is 0.493 e. The SMILES string of the molecule is COc1ccc(S)c(-c2ccccc2)c1OC. The van der Waals surface area contributed by atoms with Gasteiger partial charge in [-0.1, -0.05) is 30.3 Å². The van der Waals surface area contributed by atoms with Gasteiger partial charge in [-0.25, -0.2) is 0 Å². The molecule has 0 bridgehead atoms. The van der Waals surface area contributed by atoms with Crippen molar-refractivity contribution in [2.24, 2.45) is 0 Å². The van der Waals surface area contributed by atoms with Crippen molar-refractivity contribution in [3.63, 3.8) is 0 Å². The maximum Gasteiger partial charge on any atom is 0.169 e. The first-order valence-corrected chi connectivity index (χ1v) is 5.72. The Hall–Kier alpha value is -1.61. The van der Waals surface area contributed by atoms with E-state index >= 15 is 0 Å². The van der Waals surface area contributed by atoms with Crippen molar-refractivity contribution in [1.82, 2.24) is 0 Å². The molecule has 0 amide bonds. The third-order valence-corrected chi connectivity index (χ3v) is 2.96. The van der Waals surface area contributed by atoms with Crippen LogP contribution in [0.3, 0.4) is 0 Å². The first-order chi connectivity index (χ1) is 8.27. The summed E-state index contributed by atoms with van der Waals surface area (Å²) in [5, 5.41) is 0. The minimum absolute atomic E-state index is 0.712. The van der Waals surface area contributed by atoms with Crippen molar-refractivity contribution in [3.8, 4) is 22.6 Å². The second-order valence-electron chi connectivity index (χ2n) is 3.56. The van der Waals surface area contributed by atoms with Crippen molar-refractivity contribution in [3.05, 3.63) is 42.5 Å². The molecule has 0 aliphatic carbocycles. The summed E-state index contributed by atoms with van der Waals surface area (Å²) in [5.74, 6) is 1.43. The van der Waals surface area contributed by atoms with Gasteiger partial charge < -0.3 is 9.47 Å². The Morgan fingerprint density at radius 2 is 1.59 bits per heavy atom. The molecule has 0 aromatic heterocycles. The first-order valence-electron chi connectivity index (χ1n) is 5.27. The van der Waals surface area contributed by atoms with Crippen molar-refractivity contribution in [2.45, 2.75) is 4.90 Å². The molecule has 0 saturated heterocycles. The molecule has 17 heavy (non-hydrogen) atoms. The number of thiol groups is 1. The predicted molar refractivity (Wildman–Crippen MR) is 72.2 cm³/mol. The van der Waals surface area contributed by atoms with Gasteiger partial charge in [0.05, 0.1) is 14.2 Å². The van der Waals surface area contributed by atoms with Gasteiger partial charge in [-0.3, -0.25) is 0 Å². The summed E-state index contributed by atoms with van der Waals surface area (Å²) >= 11 is 4.48. The van der Waals surface area contributed by atoms with Gasteiger partial charge in [0.1, 0.15) is 0 Å². The fourth-order valence-electron chi connectivity index (χ4n) is 1.80. The number of benzene rings is 2. The van der Waals surface area contributed by atoms with E-state index in [1.54, 1.807) is 14.2 Å². The molecule has 2 rings (SSSR count). The highest BCUT2D eigenvalue weighted by atomic mass is 32.1. The Balaban J connectivity index is 2.67. The fraction of sp³-hybridized carbons (Fsp3) is 0.143. The molecule has 0 fully saturated rings. The molecule has 0 aliphatic rings. The molecule has 0 aliphatic heterocycles. The molecule has 0 N–H and O–H groups in total. The highest BCUT2D eigenvalue weighted by Crippen LogP contribution is 2.41. The minimum Gasteiger partial charge on any atom is -0.493 e. The van der Waals surface area contributed by atoms with E-state index in [1.165, 1.54) is 0 Å². The van der Waals surface area contributed by atoms with Gasteiger partial charge in [0.25, 0.3) is 0 Å². The van der Waals surface area contributed by atoms with E-state index in [9.17, 15) is 0 Å². The lowest BCUT2D eigenvalue weighted by Crippen LogP contribution is -1.94. The van der Waals surface area contributed by atoms with E-state index in [4.69, 9.17) is 9.47 Å². The predicted octanol–water partition coefficient (Wildman–Crippen LogP) is 3.66. The number of ether oxygens (including phenoxy) is 2. The second kappa shape index (κ2) is 5.15. The third kappa shape index (κ3) is 2.24. The molecule has 0 spiro atoms. The molecule has 88 valence electrons. The smallest absolute Gasteiger partial charge is 0.169 e. The van der Waals surface area contributed by atoms with E-state index in [1.807, 2.05) is 42.5 Å². The zero-order chi connectivity index (χ0) is 12.3. The molecule has 2 nitrogen and oxygen atoms in total. The van der Waals surface area contributed by atoms with Crippen LogP contribution in [0.4, 0.5) is 0 Å². The van der Waals surface area contributed by atoms with Crippen LogP contribution in [0.25, 0.3) is 11.1 Å². The van der Waals surface area contributed by atoms with Gasteiger partial charge in [0.2, 0.25) is 0 Å². The maximum atomic E-state index is 5.43. The van der Waals surface area contributed by atoms with Crippen LogP contribution in [-0.4, -0.2) is 14.2 Å². The van der Waals surface area contributed by atoms with Crippen LogP contribution in [0, 0.1) is 0 Å². The number of hydrogen-bond donors (Lipinski definition) is 1. The van der Waals surface area contributed by atoms with Crippen molar-refractivity contribution in [2.75, 3.05) is 14.2 Å². The monoisotopic (exact) mass is 246 g/mol. The van der Waals surface area contributed by atoms with Crippen LogP contribution >= 0.6 is 12.6 Å². The number of hydrogen-bond acceptors (Lipinski definition) is 3. The van der Waals surface area contributed by atoms with Gasteiger partial charge in [-0.15, -0.1) is 12.6 Å². The second-order valence-corrected chi connectivity index (χ2v) is 4.04.